The molecule has 5 heteroatoms. The Hall–Kier alpha value is -2.01. The summed E-state index contributed by atoms with van der Waals surface area (Å²) in [6.07, 6.45) is 1.91. The second-order valence-corrected chi connectivity index (χ2v) is 3.93. The Balaban J connectivity index is 2.53. The molecular formula is C13H17N3O2. The molecule has 0 spiro atoms. The van der Waals surface area contributed by atoms with Crippen LogP contribution in [0.5, 0.6) is 11.5 Å². The maximum atomic E-state index is 5.66. The molecule has 0 unspecified atom stereocenters. The molecule has 0 fully saturated rings. The van der Waals surface area contributed by atoms with Gasteiger partial charge < -0.3 is 15.2 Å². The lowest BCUT2D eigenvalue weighted by atomic mass is 10.2. The average Bonchev–Trinajstić information content (AvgIpc) is 2.79. The number of nitrogens with zero attached hydrogens (tertiary/aromatic N) is 2. The van der Waals surface area contributed by atoms with Crippen molar-refractivity contribution < 1.29 is 9.47 Å². The lowest BCUT2D eigenvalue weighted by molar-refractivity contribution is 0.400. The summed E-state index contributed by atoms with van der Waals surface area (Å²) in [6, 6.07) is 5.58. The van der Waals surface area contributed by atoms with Gasteiger partial charge in [0.05, 0.1) is 19.9 Å². The fraction of sp³-hybridized carbons (Fsp3) is 0.308. The van der Waals surface area contributed by atoms with Gasteiger partial charge in [0.2, 0.25) is 0 Å². The predicted molar refractivity (Wildman–Crippen MR) is 69.3 cm³/mol. The van der Waals surface area contributed by atoms with E-state index in [1.54, 1.807) is 18.9 Å². The highest BCUT2D eigenvalue weighted by Gasteiger charge is 2.10. The van der Waals surface area contributed by atoms with Crippen LogP contribution in [0.25, 0.3) is 5.69 Å². The van der Waals surface area contributed by atoms with Crippen LogP contribution < -0.4 is 15.2 Å². The zero-order chi connectivity index (χ0) is 13.1. The molecule has 1 heterocycles. The molecule has 0 bridgehead atoms. The number of hydrogen-bond donors (Lipinski definition) is 1. The lowest BCUT2D eigenvalue weighted by Gasteiger charge is -2.10. The molecule has 2 N–H and O–H groups in total. The minimum Gasteiger partial charge on any atom is -0.497 e. The third kappa shape index (κ3) is 2.17. The van der Waals surface area contributed by atoms with Crippen molar-refractivity contribution in [2.45, 2.75) is 13.5 Å². The molecule has 0 saturated heterocycles. The highest BCUT2D eigenvalue weighted by molar-refractivity contribution is 5.51. The van der Waals surface area contributed by atoms with Crippen molar-refractivity contribution in [3.8, 4) is 17.2 Å². The molecule has 2 rings (SSSR count). The largest absolute Gasteiger partial charge is 0.497 e. The minimum atomic E-state index is 0.470. The fourth-order valence-electron chi connectivity index (χ4n) is 1.80. The molecule has 0 aliphatic heterocycles. The number of hydrogen-bond acceptors (Lipinski definition) is 4. The number of benzene rings is 1. The van der Waals surface area contributed by atoms with Gasteiger partial charge >= 0.3 is 0 Å². The van der Waals surface area contributed by atoms with E-state index < -0.39 is 0 Å². The Labute approximate surface area is 106 Å². The van der Waals surface area contributed by atoms with Crippen LogP contribution in [0.3, 0.4) is 0 Å². The van der Waals surface area contributed by atoms with Crippen LogP contribution in [0.1, 0.15) is 11.3 Å². The molecule has 18 heavy (non-hydrogen) atoms. The van der Waals surface area contributed by atoms with Crippen LogP contribution in [0.4, 0.5) is 0 Å². The Kier molecular flexibility index (Phi) is 3.53. The highest BCUT2D eigenvalue weighted by Crippen LogP contribution is 2.27. The first-order valence-electron chi connectivity index (χ1n) is 5.67. The van der Waals surface area contributed by atoms with E-state index in [2.05, 4.69) is 5.10 Å². The van der Waals surface area contributed by atoms with Gasteiger partial charge in [0, 0.05) is 24.4 Å². The van der Waals surface area contributed by atoms with Gasteiger partial charge in [-0.2, -0.15) is 5.10 Å². The fourth-order valence-corrected chi connectivity index (χ4v) is 1.80. The monoisotopic (exact) mass is 247 g/mol. The molecule has 96 valence electrons. The lowest BCUT2D eigenvalue weighted by Crippen LogP contribution is -1.99. The van der Waals surface area contributed by atoms with E-state index in [1.165, 1.54) is 0 Å². The van der Waals surface area contributed by atoms with Gasteiger partial charge in [-0.05, 0) is 19.1 Å². The summed E-state index contributed by atoms with van der Waals surface area (Å²) in [5.74, 6) is 1.50. The van der Waals surface area contributed by atoms with E-state index in [-0.39, 0.29) is 0 Å². The summed E-state index contributed by atoms with van der Waals surface area (Å²) in [6.45, 7) is 2.41. The van der Waals surface area contributed by atoms with E-state index in [0.717, 1.165) is 28.4 Å². The predicted octanol–water partition coefficient (Wildman–Crippen LogP) is 1.66. The molecule has 0 amide bonds. The summed E-state index contributed by atoms with van der Waals surface area (Å²) < 4.78 is 12.3. The number of nitrogens with two attached hydrogens (primary N) is 1. The van der Waals surface area contributed by atoms with Gasteiger partial charge in [-0.15, -0.1) is 0 Å². The van der Waals surface area contributed by atoms with E-state index in [9.17, 15) is 0 Å². The van der Waals surface area contributed by atoms with E-state index in [4.69, 9.17) is 15.2 Å². The third-order valence-corrected chi connectivity index (χ3v) is 2.85. The van der Waals surface area contributed by atoms with Gasteiger partial charge in [-0.1, -0.05) is 0 Å². The molecule has 2 aromatic rings. The topological polar surface area (TPSA) is 62.3 Å². The molecule has 1 aromatic heterocycles. The van der Waals surface area contributed by atoms with Crippen molar-refractivity contribution in [2.75, 3.05) is 14.2 Å². The maximum Gasteiger partial charge on any atom is 0.144 e. The first kappa shape index (κ1) is 12.4. The van der Waals surface area contributed by atoms with Crippen LogP contribution >= 0.6 is 0 Å². The van der Waals surface area contributed by atoms with Gasteiger partial charge in [-0.25, -0.2) is 4.68 Å². The van der Waals surface area contributed by atoms with Gasteiger partial charge in [0.25, 0.3) is 0 Å². The van der Waals surface area contributed by atoms with Gasteiger partial charge in [-0.3, -0.25) is 0 Å². The van der Waals surface area contributed by atoms with Crippen molar-refractivity contribution in [3.05, 3.63) is 35.7 Å². The molecule has 0 aliphatic rings. The quantitative estimate of drug-likeness (QED) is 0.892. The SMILES string of the molecule is COc1ccc(OC)c(-n2cc(CN)c(C)n2)c1. The van der Waals surface area contributed by atoms with Crippen LogP contribution in [-0.4, -0.2) is 24.0 Å². The summed E-state index contributed by atoms with van der Waals surface area (Å²) in [4.78, 5) is 0. The summed E-state index contributed by atoms with van der Waals surface area (Å²) in [5, 5.41) is 4.44. The van der Waals surface area contributed by atoms with Gasteiger partial charge in [0.1, 0.15) is 17.2 Å². The van der Waals surface area contributed by atoms with Crippen LogP contribution in [-0.2, 0) is 6.54 Å². The van der Waals surface area contributed by atoms with Crippen LogP contribution in [0.2, 0.25) is 0 Å². The number of aromatic nitrogens is 2. The van der Waals surface area contributed by atoms with Crippen molar-refractivity contribution in [1.29, 1.82) is 0 Å². The summed E-state index contributed by atoms with van der Waals surface area (Å²) in [7, 11) is 3.26. The smallest absolute Gasteiger partial charge is 0.144 e. The molecule has 1 aromatic carbocycles. The normalized spacial score (nSPS) is 10.4. The van der Waals surface area contributed by atoms with Crippen molar-refractivity contribution >= 4 is 0 Å². The molecule has 0 aliphatic carbocycles. The second-order valence-electron chi connectivity index (χ2n) is 3.93. The van der Waals surface area contributed by atoms with Crippen LogP contribution in [0, 0.1) is 6.92 Å². The molecule has 0 saturated carbocycles. The maximum absolute atomic E-state index is 5.66. The first-order chi connectivity index (χ1) is 8.69. The molecular weight excluding hydrogens is 230 g/mol. The molecule has 0 radical (unpaired) electrons. The standard InChI is InChI=1S/C13H17N3O2/c1-9-10(7-14)8-16(15-9)12-6-11(17-2)4-5-13(12)18-3/h4-6,8H,7,14H2,1-3H3. The number of aryl methyl sites for hydroxylation is 1. The molecule has 5 nitrogen and oxygen atoms in total. The van der Waals surface area contributed by atoms with Crippen molar-refractivity contribution in [3.63, 3.8) is 0 Å². The average molecular weight is 247 g/mol. The number of methoxy groups -OCH3 is 2. The van der Waals surface area contributed by atoms with E-state index in [1.807, 2.05) is 31.3 Å². The zero-order valence-corrected chi connectivity index (χ0v) is 10.8. The zero-order valence-electron chi connectivity index (χ0n) is 10.8. The van der Waals surface area contributed by atoms with Gasteiger partial charge in [0.15, 0.2) is 0 Å². The third-order valence-electron chi connectivity index (χ3n) is 2.85. The number of ether oxygens (including phenoxy) is 2. The van der Waals surface area contributed by atoms with E-state index in [0.29, 0.717) is 6.54 Å². The first-order valence-corrected chi connectivity index (χ1v) is 5.67. The second kappa shape index (κ2) is 5.10. The highest BCUT2D eigenvalue weighted by atomic mass is 16.5. The van der Waals surface area contributed by atoms with Crippen LogP contribution in [0.15, 0.2) is 24.4 Å². The van der Waals surface area contributed by atoms with Crippen molar-refractivity contribution in [2.24, 2.45) is 5.73 Å². The Morgan fingerprint density at radius 1 is 1.28 bits per heavy atom. The summed E-state index contributed by atoms with van der Waals surface area (Å²) in [5.41, 5.74) is 8.43. The Morgan fingerprint density at radius 3 is 2.61 bits per heavy atom. The molecule has 0 atom stereocenters. The van der Waals surface area contributed by atoms with E-state index >= 15 is 0 Å². The summed E-state index contributed by atoms with van der Waals surface area (Å²) >= 11 is 0. The number of rotatable bonds is 4. The van der Waals surface area contributed by atoms with Crippen molar-refractivity contribution in [1.82, 2.24) is 9.78 Å². The Bertz CT molecular complexity index is 549. The minimum absolute atomic E-state index is 0.470. The Morgan fingerprint density at radius 2 is 2.06 bits per heavy atom.